The van der Waals surface area contributed by atoms with Gasteiger partial charge in [-0.3, -0.25) is 10.1 Å². The summed E-state index contributed by atoms with van der Waals surface area (Å²) in [5, 5.41) is 11.4. The van der Waals surface area contributed by atoms with Gasteiger partial charge in [-0.25, -0.2) is 4.79 Å². The van der Waals surface area contributed by atoms with Crippen LogP contribution in [0.4, 0.5) is 4.79 Å². The molecule has 0 aliphatic carbocycles. The first-order valence-corrected chi connectivity index (χ1v) is 5.87. The smallest absolute Gasteiger partial charge is 0.318 e. The van der Waals surface area contributed by atoms with Crippen LogP contribution in [0.25, 0.3) is 0 Å². The summed E-state index contributed by atoms with van der Waals surface area (Å²) in [5.41, 5.74) is 6.41. The highest BCUT2D eigenvalue weighted by atomic mass is 16.5. The van der Waals surface area contributed by atoms with E-state index in [0.717, 1.165) is 11.1 Å². The van der Waals surface area contributed by atoms with Gasteiger partial charge >= 0.3 is 6.03 Å². The second-order valence-electron chi connectivity index (χ2n) is 4.31. The molecule has 4 N–H and O–H groups in total. The number of benzene rings is 1. The van der Waals surface area contributed by atoms with Gasteiger partial charge in [-0.2, -0.15) is 0 Å². The van der Waals surface area contributed by atoms with Crippen LogP contribution in [0.5, 0.6) is 5.75 Å². The van der Waals surface area contributed by atoms with E-state index in [1.165, 1.54) is 6.92 Å². The fourth-order valence-corrected chi connectivity index (χ4v) is 1.53. The van der Waals surface area contributed by atoms with Crippen molar-refractivity contribution < 1.29 is 19.4 Å². The molecule has 0 heterocycles. The molecule has 0 bridgehead atoms. The fourth-order valence-electron chi connectivity index (χ4n) is 1.53. The Morgan fingerprint density at radius 2 is 2.00 bits per heavy atom. The predicted molar refractivity (Wildman–Crippen MR) is 69.6 cm³/mol. The molecule has 0 aliphatic heterocycles. The van der Waals surface area contributed by atoms with Gasteiger partial charge in [0.05, 0.1) is 6.10 Å². The fraction of sp³-hybridized carbons (Fsp3) is 0.385. The molecule has 0 saturated carbocycles. The van der Waals surface area contributed by atoms with Gasteiger partial charge in [0.1, 0.15) is 5.75 Å². The topological polar surface area (TPSA) is 102 Å². The highest BCUT2D eigenvalue weighted by Crippen LogP contribution is 2.23. The van der Waals surface area contributed by atoms with Crippen molar-refractivity contribution in [1.82, 2.24) is 5.32 Å². The molecule has 1 aromatic rings. The summed E-state index contributed by atoms with van der Waals surface area (Å²) in [6.45, 7) is 4.98. The van der Waals surface area contributed by atoms with E-state index < -0.39 is 24.1 Å². The number of imide groups is 1. The molecule has 0 spiro atoms. The van der Waals surface area contributed by atoms with Crippen molar-refractivity contribution in [2.75, 3.05) is 0 Å². The van der Waals surface area contributed by atoms with E-state index in [1.54, 1.807) is 32.0 Å². The Morgan fingerprint density at radius 3 is 2.47 bits per heavy atom. The number of nitrogens with one attached hydrogen (secondary N) is 1. The van der Waals surface area contributed by atoms with Crippen LogP contribution in [0.3, 0.4) is 0 Å². The van der Waals surface area contributed by atoms with Crippen LogP contribution in [-0.2, 0) is 4.79 Å². The highest BCUT2D eigenvalue weighted by molar-refractivity contribution is 5.95. The lowest BCUT2D eigenvalue weighted by Crippen LogP contribution is -2.42. The van der Waals surface area contributed by atoms with Crippen LogP contribution < -0.4 is 15.8 Å². The van der Waals surface area contributed by atoms with Crippen LogP contribution in [0, 0.1) is 6.92 Å². The summed E-state index contributed by atoms with van der Waals surface area (Å²) in [5.74, 6) is -0.0944. The number of aliphatic hydroxyl groups is 1. The molecule has 6 heteroatoms. The monoisotopic (exact) mass is 266 g/mol. The summed E-state index contributed by atoms with van der Waals surface area (Å²) in [6, 6.07) is 4.25. The molecule has 104 valence electrons. The maximum atomic E-state index is 11.5. The summed E-state index contributed by atoms with van der Waals surface area (Å²) in [7, 11) is 0. The third-order valence-electron chi connectivity index (χ3n) is 2.60. The molecule has 6 nitrogen and oxygen atoms in total. The lowest BCUT2D eigenvalue weighted by molar-refractivity contribution is -0.126. The first-order valence-electron chi connectivity index (χ1n) is 5.87. The number of carbonyl (C=O) groups excluding carboxylic acids is 2. The third kappa shape index (κ3) is 4.26. The van der Waals surface area contributed by atoms with Crippen molar-refractivity contribution in [3.8, 4) is 5.75 Å². The number of hydrogen-bond acceptors (Lipinski definition) is 4. The summed E-state index contributed by atoms with van der Waals surface area (Å²) >= 11 is 0. The van der Waals surface area contributed by atoms with Gasteiger partial charge < -0.3 is 15.6 Å². The van der Waals surface area contributed by atoms with E-state index in [0.29, 0.717) is 5.75 Å². The van der Waals surface area contributed by atoms with Gasteiger partial charge in [0.25, 0.3) is 5.91 Å². The number of aliphatic hydroxyl groups excluding tert-OH is 1. The zero-order chi connectivity index (χ0) is 14.6. The van der Waals surface area contributed by atoms with Gasteiger partial charge in [0.2, 0.25) is 0 Å². The van der Waals surface area contributed by atoms with Crippen molar-refractivity contribution in [3.63, 3.8) is 0 Å². The van der Waals surface area contributed by atoms with Gasteiger partial charge in [-0.1, -0.05) is 6.07 Å². The van der Waals surface area contributed by atoms with E-state index in [9.17, 15) is 14.7 Å². The lowest BCUT2D eigenvalue weighted by atomic mass is 10.1. The zero-order valence-electron chi connectivity index (χ0n) is 11.1. The minimum atomic E-state index is -0.915. The van der Waals surface area contributed by atoms with E-state index in [-0.39, 0.29) is 0 Å². The van der Waals surface area contributed by atoms with Crippen molar-refractivity contribution in [1.29, 1.82) is 0 Å². The Balaban J connectivity index is 2.77. The molecule has 1 aromatic carbocycles. The Bertz CT molecular complexity index is 486. The molecule has 1 unspecified atom stereocenters. The first-order chi connectivity index (χ1) is 8.81. The molecule has 0 aliphatic rings. The number of aryl methyl sites for hydroxylation is 1. The maximum Gasteiger partial charge on any atom is 0.318 e. The molecular formula is C13H18N2O4. The van der Waals surface area contributed by atoms with Crippen molar-refractivity contribution in [2.24, 2.45) is 5.73 Å². The summed E-state index contributed by atoms with van der Waals surface area (Å²) < 4.78 is 5.44. The Hall–Kier alpha value is -2.08. The quantitative estimate of drug-likeness (QED) is 0.756. The SMILES string of the molecule is Cc1cc([C@H](C)O)ccc1OC(C)C(=O)NC(N)=O. The number of amides is 3. The average Bonchev–Trinajstić information content (AvgIpc) is 2.30. The second kappa shape index (κ2) is 6.19. The van der Waals surface area contributed by atoms with E-state index >= 15 is 0 Å². The van der Waals surface area contributed by atoms with Crippen molar-refractivity contribution >= 4 is 11.9 Å². The molecule has 2 atom stereocenters. The number of urea groups is 1. The first kappa shape index (κ1) is 15.0. The standard InChI is InChI=1S/C13H18N2O4/c1-7-6-10(8(2)16)4-5-11(7)19-9(3)12(17)15-13(14)18/h4-6,8-9,16H,1-3H3,(H3,14,15,17,18)/t8-,9?/m0/s1. The van der Waals surface area contributed by atoms with Crippen LogP contribution in [0.1, 0.15) is 31.1 Å². The van der Waals surface area contributed by atoms with Crippen LogP contribution in [-0.4, -0.2) is 23.1 Å². The lowest BCUT2D eigenvalue weighted by Gasteiger charge is -2.16. The molecule has 3 amide bonds. The van der Waals surface area contributed by atoms with E-state index in [4.69, 9.17) is 10.5 Å². The minimum Gasteiger partial charge on any atom is -0.481 e. The van der Waals surface area contributed by atoms with Gasteiger partial charge in [-0.05, 0) is 44.0 Å². The van der Waals surface area contributed by atoms with Crippen LogP contribution >= 0.6 is 0 Å². The molecule has 1 rings (SSSR count). The van der Waals surface area contributed by atoms with Gasteiger partial charge in [0, 0.05) is 0 Å². The van der Waals surface area contributed by atoms with E-state index in [2.05, 4.69) is 0 Å². The molecule has 0 aromatic heterocycles. The predicted octanol–water partition coefficient (Wildman–Crippen LogP) is 1.01. The molecular weight excluding hydrogens is 248 g/mol. The zero-order valence-corrected chi connectivity index (χ0v) is 11.1. The third-order valence-corrected chi connectivity index (χ3v) is 2.60. The number of rotatable bonds is 4. The number of carbonyl (C=O) groups is 2. The summed E-state index contributed by atoms with van der Waals surface area (Å²) in [4.78, 5) is 22.0. The second-order valence-corrected chi connectivity index (χ2v) is 4.31. The van der Waals surface area contributed by atoms with Gasteiger partial charge in [0.15, 0.2) is 6.10 Å². The van der Waals surface area contributed by atoms with Crippen LogP contribution in [0.2, 0.25) is 0 Å². The average molecular weight is 266 g/mol. The number of primary amides is 1. The normalized spacial score (nSPS) is 13.5. The number of nitrogens with two attached hydrogens (primary N) is 1. The molecule has 0 fully saturated rings. The Morgan fingerprint density at radius 1 is 1.37 bits per heavy atom. The summed E-state index contributed by atoms with van der Waals surface area (Å²) in [6.07, 6.45) is -1.41. The highest BCUT2D eigenvalue weighted by Gasteiger charge is 2.17. The Kier molecular flexibility index (Phi) is 4.88. The molecule has 0 saturated heterocycles. The van der Waals surface area contributed by atoms with Crippen molar-refractivity contribution in [3.05, 3.63) is 29.3 Å². The van der Waals surface area contributed by atoms with Crippen molar-refractivity contribution in [2.45, 2.75) is 33.0 Å². The number of ether oxygens (including phenoxy) is 1. The Labute approximate surface area is 111 Å². The molecule has 0 radical (unpaired) electrons. The van der Waals surface area contributed by atoms with Gasteiger partial charge in [-0.15, -0.1) is 0 Å². The van der Waals surface area contributed by atoms with E-state index in [1.807, 2.05) is 5.32 Å². The number of hydrogen-bond donors (Lipinski definition) is 3. The maximum absolute atomic E-state index is 11.5. The molecule has 19 heavy (non-hydrogen) atoms. The minimum absolute atomic E-state index is 0.511. The largest absolute Gasteiger partial charge is 0.481 e. The van der Waals surface area contributed by atoms with Crippen LogP contribution in [0.15, 0.2) is 18.2 Å².